The number of benzene rings is 1. The summed E-state index contributed by atoms with van der Waals surface area (Å²) >= 11 is 1.22. The molecule has 0 radical (unpaired) electrons. The molecule has 9 heteroatoms. The first-order valence-electron chi connectivity index (χ1n) is 8.95. The highest BCUT2D eigenvalue weighted by molar-refractivity contribution is 7.09. The molecule has 1 aromatic carbocycles. The molecule has 0 saturated heterocycles. The van der Waals surface area contributed by atoms with Crippen LogP contribution in [-0.4, -0.2) is 35.4 Å². The fourth-order valence-corrected chi connectivity index (χ4v) is 3.19. The number of aromatic nitrogens is 1. The summed E-state index contributed by atoms with van der Waals surface area (Å²) in [5.41, 5.74) is 1.80. The van der Waals surface area contributed by atoms with E-state index in [2.05, 4.69) is 15.6 Å². The first-order valence-corrected chi connectivity index (χ1v) is 9.83. The van der Waals surface area contributed by atoms with Crippen LogP contribution in [0.3, 0.4) is 0 Å². The summed E-state index contributed by atoms with van der Waals surface area (Å²) in [7, 11) is 0. The van der Waals surface area contributed by atoms with Crippen molar-refractivity contribution in [3.8, 4) is 6.07 Å². The molecule has 0 unspecified atom stereocenters. The standard InChI is InChI=1S/C20H22N4O4S/c1-12(2)23-20(27)22-9-14-4-6-15(7-5-14)19(26)28-10-17(25)16(8-21)18-24-13(3)11-29-18/h4-7,11-12,16H,9-10H2,1-3H3,(H2,22,23,27)/t16-/m1/s1. The number of hydrogen-bond donors (Lipinski definition) is 2. The van der Waals surface area contributed by atoms with Crippen molar-refractivity contribution in [3.63, 3.8) is 0 Å². The van der Waals surface area contributed by atoms with E-state index in [9.17, 15) is 19.6 Å². The maximum Gasteiger partial charge on any atom is 0.338 e. The van der Waals surface area contributed by atoms with Crippen molar-refractivity contribution < 1.29 is 19.1 Å². The molecule has 2 amide bonds. The van der Waals surface area contributed by atoms with E-state index in [4.69, 9.17) is 4.74 Å². The third-order valence-corrected chi connectivity index (χ3v) is 4.77. The Balaban J connectivity index is 1.86. The molecule has 0 bridgehead atoms. The zero-order chi connectivity index (χ0) is 21.4. The second-order valence-electron chi connectivity index (χ2n) is 6.61. The Morgan fingerprint density at radius 3 is 2.48 bits per heavy atom. The maximum atomic E-state index is 12.2. The molecule has 0 aliphatic rings. The van der Waals surface area contributed by atoms with E-state index in [1.807, 2.05) is 19.9 Å². The zero-order valence-electron chi connectivity index (χ0n) is 16.4. The molecular weight excluding hydrogens is 392 g/mol. The van der Waals surface area contributed by atoms with Gasteiger partial charge in [-0.05, 0) is 38.5 Å². The van der Waals surface area contributed by atoms with Gasteiger partial charge in [-0.2, -0.15) is 5.26 Å². The second kappa shape index (κ2) is 10.3. The molecule has 0 aliphatic carbocycles. The van der Waals surface area contributed by atoms with Gasteiger partial charge in [-0.25, -0.2) is 14.6 Å². The summed E-state index contributed by atoms with van der Waals surface area (Å²) in [6.07, 6.45) is 0. The highest BCUT2D eigenvalue weighted by Crippen LogP contribution is 2.21. The number of hydrogen-bond acceptors (Lipinski definition) is 7. The van der Waals surface area contributed by atoms with Crippen molar-refractivity contribution in [1.82, 2.24) is 15.6 Å². The lowest BCUT2D eigenvalue weighted by Crippen LogP contribution is -2.39. The normalized spacial score (nSPS) is 11.4. The van der Waals surface area contributed by atoms with E-state index >= 15 is 0 Å². The third-order valence-electron chi connectivity index (χ3n) is 3.74. The van der Waals surface area contributed by atoms with Gasteiger partial charge < -0.3 is 15.4 Å². The number of ether oxygens (including phenoxy) is 1. The van der Waals surface area contributed by atoms with Crippen molar-refractivity contribution in [2.45, 2.75) is 39.3 Å². The maximum absolute atomic E-state index is 12.2. The molecule has 2 N–H and O–H groups in total. The number of urea groups is 1. The Morgan fingerprint density at radius 1 is 1.24 bits per heavy atom. The Bertz CT molecular complexity index is 915. The van der Waals surface area contributed by atoms with Crippen LogP contribution in [0.15, 0.2) is 29.6 Å². The van der Waals surface area contributed by atoms with Gasteiger partial charge in [-0.3, -0.25) is 4.79 Å². The van der Waals surface area contributed by atoms with Crippen molar-refractivity contribution in [1.29, 1.82) is 5.26 Å². The fourth-order valence-electron chi connectivity index (χ4n) is 2.33. The number of amides is 2. The van der Waals surface area contributed by atoms with Crippen molar-refractivity contribution in [2.24, 2.45) is 0 Å². The van der Waals surface area contributed by atoms with Gasteiger partial charge >= 0.3 is 12.0 Å². The van der Waals surface area contributed by atoms with Crippen LogP contribution in [0.25, 0.3) is 0 Å². The van der Waals surface area contributed by atoms with Gasteiger partial charge in [-0.15, -0.1) is 11.3 Å². The SMILES string of the molecule is Cc1csc([C@H](C#N)C(=O)COC(=O)c2ccc(CNC(=O)NC(C)C)cc2)n1. The second-order valence-corrected chi connectivity index (χ2v) is 7.50. The van der Waals surface area contributed by atoms with Crippen molar-refractivity contribution in [3.05, 3.63) is 51.5 Å². The number of Topliss-reactive ketones (excluding diaryl/α,β-unsaturated/α-hetero) is 1. The number of rotatable bonds is 8. The van der Waals surface area contributed by atoms with Crippen LogP contribution < -0.4 is 10.6 Å². The number of nitrogens with zero attached hydrogens (tertiary/aromatic N) is 2. The summed E-state index contributed by atoms with van der Waals surface area (Å²) < 4.78 is 5.04. The summed E-state index contributed by atoms with van der Waals surface area (Å²) in [4.78, 5) is 40.1. The zero-order valence-corrected chi connectivity index (χ0v) is 17.2. The van der Waals surface area contributed by atoms with Crippen LogP contribution in [0.5, 0.6) is 0 Å². The van der Waals surface area contributed by atoms with E-state index in [0.29, 0.717) is 11.6 Å². The number of carbonyl (C=O) groups is 3. The van der Waals surface area contributed by atoms with Gasteiger partial charge in [0.1, 0.15) is 5.01 Å². The largest absolute Gasteiger partial charge is 0.454 e. The molecule has 0 saturated carbocycles. The fraction of sp³-hybridized carbons (Fsp3) is 0.350. The average Bonchev–Trinajstić information content (AvgIpc) is 3.10. The lowest BCUT2D eigenvalue weighted by molar-refractivity contribution is -0.122. The highest BCUT2D eigenvalue weighted by Gasteiger charge is 2.24. The predicted molar refractivity (Wildman–Crippen MR) is 107 cm³/mol. The Kier molecular flexibility index (Phi) is 7.86. The lowest BCUT2D eigenvalue weighted by Gasteiger charge is -2.10. The van der Waals surface area contributed by atoms with Crippen molar-refractivity contribution in [2.75, 3.05) is 6.61 Å². The Labute approximate surface area is 172 Å². The van der Waals surface area contributed by atoms with E-state index in [0.717, 1.165) is 11.3 Å². The molecule has 0 fully saturated rings. The van der Waals surface area contributed by atoms with E-state index in [1.165, 1.54) is 11.3 Å². The number of ketones is 1. The molecule has 152 valence electrons. The first-order chi connectivity index (χ1) is 13.8. The van der Waals surface area contributed by atoms with Gasteiger partial charge in [0, 0.05) is 23.7 Å². The van der Waals surface area contributed by atoms with E-state index in [1.54, 1.807) is 36.6 Å². The van der Waals surface area contributed by atoms with Gasteiger partial charge in [0.2, 0.25) is 0 Å². The van der Waals surface area contributed by atoms with Crippen LogP contribution in [0.2, 0.25) is 0 Å². The van der Waals surface area contributed by atoms with E-state index < -0.39 is 24.3 Å². The molecular formula is C20H22N4O4S. The highest BCUT2D eigenvalue weighted by atomic mass is 32.1. The minimum absolute atomic E-state index is 0.0371. The third kappa shape index (κ3) is 6.69. The smallest absolute Gasteiger partial charge is 0.338 e. The minimum Gasteiger partial charge on any atom is -0.454 e. The number of thiazole rings is 1. The van der Waals surface area contributed by atoms with Crippen LogP contribution in [0.4, 0.5) is 4.79 Å². The quantitative estimate of drug-likeness (QED) is 0.641. The molecule has 1 atom stereocenters. The van der Waals surface area contributed by atoms with Crippen LogP contribution in [0.1, 0.15) is 46.4 Å². The molecule has 0 spiro atoms. The molecule has 1 heterocycles. The van der Waals surface area contributed by atoms with Gasteiger partial charge in [-0.1, -0.05) is 12.1 Å². The molecule has 8 nitrogen and oxygen atoms in total. The Hall–Kier alpha value is -3.25. The first kappa shape index (κ1) is 22.0. The summed E-state index contributed by atoms with van der Waals surface area (Å²) in [5.74, 6) is -2.23. The van der Waals surface area contributed by atoms with Gasteiger partial charge in [0.25, 0.3) is 0 Å². The number of aryl methyl sites for hydroxylation is 1. The molecule has 29 heavy (non-hydrogen) atoms. The molecule has 2 aromatic rings. The number of carbonyl (C=O) groups excluding carboxylic acids is 3. The van der Waals surface area contributed by atoms with Gasteiger partial charge in [0.15, 0.2) is 18.3 Å². The number of nitrogens with one attached hydrogen (secondary N) is 2. The van der Waals surface area contributed by atoms with E-state index in [-0.39, 0.29) is 17.6 Å². The summed E-state index contributed by atoms with van der Waals surface area (Å²) in [5, 5.41) is 16.8. The molecule has 2 rings (SSSR count). The summed E-state index contributed by atoms with van der Waals surface area (Å²) in [6, 6.07) is 8.14. The topological polar surface area (TPSA) is 121 Å². The minimum atomic E-state index is -1.05. The predicted octanol–water partition coefficient (Wildman–Crippen LogP) is 2.69. The lowest BCUT2D eigenvalue weighted by atomic mass is 10.1. The number of esters is 1. The molecule has 1 aromatic heterocycles. The van der Waals surface area contributed by atoms with Crippen LogP contribution in [-0.2, 0) is 16.1 Å². The average molecular weight is 414 g/mol. The van der Waals surface area contributed by atoms with Crippen LogP contribution in [0, 0.1) is 18.3 Å². The van der Waals surface area contributed by atoms with Gasteiger partial charge in [0.05, 0.1) is 11.6 Å². The monoisotopic (exact) mass is 414 g/mol. The Morgan fingerprint density at radius 2 is 1.93 bits per heavy atom. The van der Waals surface area contributed by atoms with Crippen molar-refractivity contribution >= 4 is 29.1 Å². The summed E-state index contributed by atoms with van der Waals surface area (Å²) in [6.45, 7) is 5.30. The molecule has 0 aliphatic heterocycles. The van der Waals surface area contributed by atoms with Crippen LogP contribution >= 0.6 is 11.3 Å². The number of nitriles is 1.